The van der Waals surface area contributed by atoms with Crippen LogP contribution in [0.15, 0.2) is 18.2 Å². The first-order valence-electron chi connectivity index (χ1n) is 6.62. The fraction of sp³-hybridized carbons (Fsp3) is 0.500. The summed E-state index contributed by atoms with van der Waals surface area (Å²) in [7, 11) is 3.31. The zero-order valence-electron chi connectivity index (χ0n) is 12.0. The lowest BCUT2D eigenvalue weighted by Gasteiger charge is -2.08. The summed E-state index contributed by atoms with van der Waals surface area (Å²) in [6.45, 7) is 2.67. The predicted octanol–water partition coefficient (Wildman–Crippen LogP) is 1.68. The van der Waals surface area contributed by atoms with Gasteiger partial charge in [-0.25, -0.2) is 4.98 Å². The lowest BCUT2D eigenvalue weighted by atomic mass is 10.3. The van der Waals surface area contributed by atoms with E-state index in [9.17, 15) is 0 Å². The highest BCUT2D eigenvalue weighted by Crippen LogP contribution is 2.23. The van der Waals surface area contributed by atoms with E-state index < -0.39 is 0 Å². The number of benzene rings is 1. The molecule has 0 aliphatic heterocycles. The molecule has 0 aliphatic rings. The summed E-state index contributed by atoms with van der Waals surface area (Å²) in [5.74, 6) is 1.32. The van der Waals surface area contributed by atoms with Crippen molar-refractivity contribution in [1.82, 2.24) is 9.55 Å². The van der Waals surface area contributed by atoms with Crippen molar-refractivity contribution in [3.8, 4) is 5.75 Å². The van der Waals surface area contributed by atoms with E-state index in [1.54, 1.807) is 14.2 Å². The molecule has 0 spiro atoms. The van der Waals surface area contributed by atoms with E-state index in [4.69, 9.17) is 19.9 Å². The third kappa shape index (κ3) is 3.40. The minimum absolute atomic E-state index is 0.519. The maximum atomic E-state index is 5.96. The minimum atomic E-state index is 0.519. The molecule has 2 aromatic rings. The van der Waals surface area contributed by atoms with Gasteiger partial charge in [0.25, 0.3) is 0 Å². The average molecular weight is 279 g/mol. The Kier molecular flexibility index (Phi) is 5.20. The van der Waals surface area contributed by atoms with E-state index in [-0.39, 0.29) is 0 Å². The standard InChI is InChI=1S/C14H21N3O3/c1-18-8-9-20-7-3-6-17-13-10-11(19-2)4-5-12(13)16-14(17)15/h4-5,10H,3,6-9H2,1-2H3,(H2,15,16). The molecule has 0 saturated heterocycles. The first-order valence-corrected chi connectivity index (χ1v) is 6.62. The van der Waals surface area contributed by atoms with E-state index >= 15 is 0 Å². The number of ether oxygens (including phenoxy) is 3. The third-order valence-corrected chi connectivity index (χ3v) is 3.09. The van der Waals surface area contributed by atoms with Gasteiger partial charge in [0, 0.05) is 26.3 Å². The Bertz CT molecular complexity index is 554. The van der Waals surface area contributed by atoms with Gasteiger partial charge in [-0.05, 0) is 18.6 Å². The zero-order chi connectivity index (χ0) is 14.4. The van der Waals surface area contributed by atoms with Crippen LogP contribution in [0.25, 0.3) is 11.0 Å². The van der Waals surface area contributed by atoms with Crippen LogP contribution in [0.2, 0.25) is 0 Å². The molecule has 0 atom stereocenters. The Morgan fingerprint density at radius 3 is 2.80 bits per heavy atom. The molecule has 0 saturated carbocycles. The van der Waals surface area contributed by atoms with Crippen LogP contribution in [0, 0.1) is 0 Å². The number of imidazole rings is 1. The van der Waals surface area contributed by atoms with Crippen LogP contribution in [0.3, 0.4) is 0 Å². The maximum absolute atomic E-state index is 5.96. The van der Waals surface area contributed by atoms with E-state index in [0.29, 0.717) is 25.8 Å². The second kappa shape index (κ2) is 7.12. The maximum Gasteiger partial charge on any atom is 0.201 e. The molecule has 6 heteroatoms. The van der Waals surface area contributed by atoms with Crippen molar-refractivity contribution in [3.63, 3.8) is 0 Å². The number of hydrogen-bond acceptors (Lipinski definition) is 5. The molecule has 1 aromatic heterocycles. The van der Waals surface area contributed by atoms with Crippen molar-refractivity contribution >= 4 is 17.0 Å². The number of methoxy groups -OCH3 is 2. The molecule has 110 valence electrons. The molecule has 2 rings (SSSR count). The van der Waals surface area contributed by atoms with Crippen LogP contribution in [-0.4, -0.2) is 43.6 Å². The highest BCUT2D eigenvalue weighted by molar-refractivity contribution is 5.79. The van der Waals surface area contributed by atoms with Crippen LogP contribution in [0.1, 0.15) is 6.42 Å². The summed E-state index contributed by atoms with van der Waals surface area (Å²) in [5.41, 5.74) is 7.82. The SMILES string of the molecule is COCCOCCCn1c(N)nc2ccc(OC)cc21. The Morgan fingerprint density at radius 2 is 2.05 bits per heavy atom. The number of anilines is 1. The van der Waals surface area contributed by atoms with Crippen LogP contribution in [0.5, 0.6) is 5.75 Å². The van der Waals surface area contributed by atoms with E-state index in [1.807, 2.05) is 22.8 Å². The van der Waals surface area contributed by atoms with Gasteiger partial charge < -0.3 is 24.5 Å². The van der Waals surface area contributed by atoms with Crippen LogP contribution in [0.4, 0.5) is 5.95 Å². The van der Waals surface area contributed by atoms with E-state index in [2.05, 4.69) is 4.98 Å². The third-order valence-electron chi connectivity index (χ3n) is 3.09. The van der Waals surface area contributed by atoms with Gasteiger partial charge in [0.15, 0.2) is 0 Å². The summed E-state index contributed by atoms with van der Waals surface area (Å²) in [6.07, 6.45) is 0.872. The Hall–Kier alpha value is -1.79. The molecule has 0 radical (unpaired) electrons. The predicted molar refractivity (Wildman–Crippen MR) is 78.0 cm³/mol. The summed E-state index contributed by atoms with van der Waals surface area (Å²) in [4.78, 5) is 4.34. The molecule has 0 aliphatic carbocycles. The molecule has 0 unspecified atom stereocenters. The molecule has 0 bridgehead atoms. The number of aromatic nitrogens is 2. The molecule has 0 amide bonds. The van der Waals surface area contributed by atoms with Crippen LogP contribution < -0.4 is 10.5 Å². The number of aryl methyl sites for hydroxylation is 1. The summed E-state index contributed by atoms with van der Waals surface area (Å²) < 4.78 is 17.6. The van der Waals surface area contributed by atoms with Crippen LogP contribution in [-0.2, 0) is 16.0 Å². The monoisotopic (exact) mass is 279 g/mol. The van der Waals surface area contributed by atoms with Gasteiger partial charge >= 0.3 is 0 Å². The number of rotatable bonds is 8. The molecule has 20 heavy (non-hydrogen) atoms. The van der Waals surface area contributed by atoms with Crippen LogP contribution >= 0.6 is 0 Å². The smallest absolute Gasteiger partial charge is 0.201 e. The van der Waals surface area contributed by atoms with Gasteiger partial charge in [0.05, 0.1) is 31.4 Å². The summed E-state index contributed by atoms with van der Waals surface area (Å²) in [5, 5.41) is 0. The molecular weight excluding hydrogens is 258 g/mol. The average Bonchev–Trinajstić information content (AvgIpc) is 2.77. The van der Waals surface area contributed by atoms with Crippen molar-refractivity contribution in [2.24, 2.45) is 0 Å². The normalized spacial score (nSPS) is 11.1. The summed E-state index contributed by atoms with van der Waals surface area (Å²) in [6, 6.07) is 5.74. The number of nitrogen functional groups attached to an aromatic ring is 1. The van der Waals surface area contributed by atoms with Crippen molar-refractivity contribution in [3.05, 3.63) is 18.2 Å². The van der Waals surface area contributed by atoms with E-state index in [0.717, 1.165) is 29.7 Å². The fourth-order valence-electron chi connectivity index (χ4n) is 2.05. The van der Waals surface area contributed by atoms with Crippen molar-refractivity contribution in [2.75, 3.05) is 39.8 Å². The largest absolute Gasteiger partial charge is 0.497 e. The zero-order valence-corrected chi connectivity index (χ0v) is 12.0. The molecule has 1 heterocycles. The molecule has 1 aromatic carbocycles. The van der Waals surface area contributed by atoms with Crippen molar-refractivity contribution in [2.45, 2.75) is 13.0 Å². The van der Waals surface area contributed by atoms with Gasteiger partial charge in [0.2, 0.25) is 5.95 Å². The minimum Gasteiger partial charge on any atom is -0.497 e. The fourth-order valence-corrected chi connectivity index (χ4v) is 2.05. The highest BCUT2D eigenvalue weighted by atomic mass is 16.5. The van der Waals surface area contributed by atoms with Gasteiger partial charge in [-0.3, -0.25) is 0 Å². The van der Waals surface area contributed by atoms with Crippen molar-refractivity contribution in [1.29, 1.82) is 0 Å². The lowest BCUT2D eigenvalue weighted by Crippen LogP contribution is -2.08. The quantitative estimate of drug-likeness (QED) is 0.744. The molecule has 0 fully saturated rings. The second-order valence-electron chi connectivity index (χ2n) is 4.44. The topological polar surface area (TPSA) is 71.5 Å². The lowest BCUT2D eigenvalue weighted by molar-refractivity contribution is 0.0682. The number of fused-ring (bicyclic) bond motifs is 1. The first kappa shape index (κ1) is 14.6. The first-order chi connectivity index (χ1) is 9.76. The van der Waals surface area contributed by atoms with E-state index in [1.165, 1.54) is 0 Å². The number of nitrogens with two attached hydrogens (primary N) is 1. The molecule has 6 nitrogen and oxygen atoms in total. The number of nitrogens with zero attached hydrogens (tertiary/aromatic N) is 2. The summed E-state index contributed by atoms with van der Waals surface area (Å²) >= 11 is 0. The molecular formula is C14H21N3O3. The second-order valence-corrected chi connectivity index (χ2v) is 4.44. The van der Waals surface area contributed by atoms with Gasteiger partial charge in [0.1, 0.15) is 5.75 Å². The number of hydrogen-bond donors (Lipinski definition) is 1. The molecule has 2 N–H and O–H groups in total. The highest BCUT2D eigenvalue weighted by Gasteiger charge is 2.08. The van der Waals surface area contributed by atoms with Gasteiger partial charge in [-0.2, -0.15) is 0 Å². The Morgan fingerprint density at radius 1 is 1.20 bits per heavy atom. The van der Waals surface area contributed by atoms with Gasteiger partial charge in [-0.1, -0.05) is 0 Å². The van der Waals surface area contributed by atoms with Gasteiger partial charge in [-0.15, -0.1) is 0 Å². The Labute approximate surface area is 118 Å². The Balaban J connectivity index is 1.99. The van der Waals surface area contributed by atoms with Crippen molar-refractivity contribution < 1.29 is 14.2 Å².